The number of aromatic nitrogens is 1. The number of aromatic amines is 1. The number of H-pyrrole nitrogens is 1. The number of likely N-dealkylation sites (tertiary alicyclic amines) is 2. The Bertz CT molecular complexity index is 992. The van der Waals surface area contributed by atoms with Gasteiger partial charge < -0.3 is 15.7 Å². The van der Waals surface area contributed by atoms with Crippen molar-refractivity contribution >= 4 is 16.6 Å². The van der Waals surface area contributed by atoms with Crippen LogP contribution in [0.4, 0.5) is 0 Å². The zero-order chi connectivity index (χ0) is 22.7. The third-order valence-corrected chi connectivity index (χ3v) is 7.76. The summed E-state index contributed by atoms with van der Waals surface area (Å²) in [6.07, 6.45) is 9.15. The van der Waals surface area contributed by atoms with E-state index in [9.17, 15) is 0 Å². The highest BCUT2D eigenvalue weighted by molar-refractivity contribution is 5.86. The Kier molecular flexibility index (Phi) is 6.87. The van der Waals surface area contributed by atoms with E-state index in [0.29, 0.717) is 0 Å². The van der Waals surface area contributed by atoms with Crippen LogP contribution in [0.15, 0.2) is 54.4 Å². The SMILES string of the molecule is C=C1CN(Cc2c[nH]c3ccccc23)CCCC12CCN(C(/C=C(/C)NC)C(C)=N)CC2. The molecule has 3 N–H and O–H groups in total. The summed E-state index contributed by atoms with van der Waals surface area (Å²) in [5.41, 5.74) is 6.13. The molecule has 0 saturated carbocycles. The number of fused-ring (bicyclic) bond motifs is 1. The summed E-state index contributed by atoms with van der Waals surface area (Å²) in [6, 6.07) is 8.68. The minimum atomic E-state index is 0.0946. The third-order valence-electron chi connectivity index (χ3n) is 7.76. The van der Waals surface area contributed by atoms with Crippen LogP contribution < -0.4 is 5.32 Å². The van der Waals surface area contributed by atoms with Crippen LogP contribution in [-0.2, 0) is 6.54 Å². The minimum absolute atomic E-state index is 0.0946. The monoisotopic (exact) mass is 433 g/mol. The Morgan fingerprint density at radius 2 is 1.97 bits per heavy atom. The summed E-state index contributed by atoms with van der Waals surface area (Å²) in [4.78, 5) is 8.49. The third kappa shape index (κ3) is 4.69. The number of rotatable bonds is 6. The molecule has 0 aliphatic carbocycles. The number of hydrogen-bond acceptors (Lipinski definition) is 4. The van der Waals surface area contributed by atoms with Gasteiger partial charge in [-0.25, -0.2) is 0 Å². The van der Waals surface area contributed by atoms with Gasteiger partial charge in [0.1, 0.15) is 0 Å². The van der Waals surface area contributed by atoms with Crippen molar-refractivity contribution < 1.29 is 0 Å². The highest BCUT2D eigenvalue weighted by Gasteiger charge is 2.40. The molecule has 1 spiro atoms. The quantitative estimate of drug-likeness (QED) is 0.447. The van der Waals surface area contributed by atoms with Gasteiger partial charge in [-0.05, 0) is 82.3 Å². The number of hydrogen-bond donors (Lipinski definition) is 3. The molecule has 172 valence electrons. The van der Waals surface area contributed by atoms with E-state index in [1.165, 1.54) is 34.9 Å². The normalized spacial score (nSPS) is 21.6. The number of nitrogens with one attached hydrogen (secondary N) is 3. The van der Waals surface area contributed by atoms with E-state index < -0.39 is 0 Å². The molecule has 0 amide bonds. The van der Waals surface area contributed by atoms with E-state index in [-0.39, 0.29) is 11.5 Å². The summed E-state index contributed by atoms with van der Waals surface area (Å²) in [7, 11) is 1.95. The van der Waals surface area contributed by atoms with Crippen molar-refractivity contribution in [3.63, 3.8) is 0 Å². The molecule has 1 aromatic heterocycles. The fraction of sp³-hybridized carbons (Fsp3) is 0.519. The smallest absolute Gasteiger partial charge is 0.0675 e. The molecule has 1 atom stereocenters. The largest absolute Gasteiger partial charge is 0.392 e. The Labute approximate surface area is 193 Å². The summed E-state index contributed by atoms with van der Waals surface area (Å²) in [5, 5.41) is 12.9. The van der Waals surface area contributed by atoms with E-state index in [4.69, 9.17) is 5.41 Å². The summed E-state index contributed by atoms with van der Waals surface area (Å²) >= 11 is 0. The lowest BCUT2D eigenvalue weighted by Crippen LogP contribution is -2.48. The van der Waals surface area contributed by atoms with Crippen molar-refractivity contribution in [1.29, 1.82) is 5.41 Å². The molecule has 0 bridgehead atoms. The van der Waals surface area contributed by atoms with Gasteiger partial charge in [0, 0.05) is 48.6 Å². The standard InChI is InChI=1S/C27H39N5/c1-20-18-31(19-23-17-30-25-9-6-5-8-24(23)25)13-7-10-27(20)11-14-32(15-12-27)26(22(3)28)16-21(2)29-4/h5-6,8-9,16-17,26,28-30H,1,7,10-15,18-19H2,2-4H3/b21-16-,28-22?. The van der Waals surface area contributed by atoms with Crippen molar-refractivity contribution in [3.05, 3.63) is 60.0 Å². The van der Waals surface area contributed by atoms with E-state index in [2.05, 4.69) is 70.1 Å². The lowest BCUT2D eigenvalue weighted by molar-refractivity contribution is 0.120. The van der Waals surface area contributed by atoms with Crippen molar-refractivity contribution in [3.8, 4) is 0 Å². The molecule has 2 aliphatic rings. The minimum Gasteiger partial charge on any atom is -0.392 e. The Balaban J connectivity index is 1.41. The van der Waals surface area contributed by atoms with E-state index in [1.54, 1.807) is 0 Å². The van der Waals surface area contributed by atoms with Crippen molar-refractivity contribution in [2.75, 3.05) is 33.2 Å². The maximum atomic E-state index is 8.30. The van der Waals surface area contributed by atoms with Crippen LogP contribution >= 0.6 is 0 Å². The maximum absolute atomic E-state index is 8.30. The average molecular weight is 434 g/mol. The molecule has 3 heterocycles. The molecule has 32 heavy (non-hydrogen) atoms. The number of piperidine rings is 1. The topological polar surface area (TPSA) is 58.2 Å². The van der Waals surface area contributed by atoms with E-state index >= 15 is 0 Å². The predicted molar refractivity (Wildman–Crippen MR) is 135 cm³/mol. The summed E-state index contributed by atoms with van der Waals surface area (Å²) in [6.45, 7) is 13.8. The molecular weight excluding hydrogens is 394 g/mol. The molecule has 1 aromatic carbocycles. The Hall–Kier alpha value is -2.37. The summed E-state index contributed by atoms with van der Waals surface area (Å²) < 4.78 is 0. The average Bonchev–Trinajstić information content (AvgIpc) is 3.13. The van der Waals surface area contributed by atoms with Gasteiger partial charge in [0.15, 0.2) is 0 Å². The van der Waals surface area contributed by atoms with Crippen LogP contribution in [0.3, 0.4) is 0 Å². The molecule has 4 rings (SSSR count). The number of allylic oxidation sites excluding steroid dienone is 1. The number of nitrogens with zero attached hydrogens (tertiary/aromatic N) is 2. The lowest BCUT2D eigenvalue weighted by Gasteiger charge is -2.45. The Morgan fingerprint density at radius 3 is 2.69 bits per heavy atom. The van der Waals surface area contributed by atoms with Crippen LogP contribution in [0.1, 0.15) is 45.1 Å². The zero-order valence-electron chi connectivity index (χ0n) is 20.0. The van der Waals surface area contributed by atoms with Gasteiger partial charge >= 0.3 is 0 Å². The van der Waals surface area contributed by atoms with Crippen molar-refractivity contribution in [2.24, 2.45) is 5.41 Å². The first-order valence-electron chi connectivity index (χ1n) is 12.0. The fourth-order valence-corrected chi connectivity index (χ4v) is 5.63. The number of para-hydroxylation sites is 1. The first-order valence-corrected chi connectivity index (χ1v) is 12.0. The Morgan fingerprint density at radius 1 is 1.22 bits per heavy atom. The van der Waals surface area contributed by atoms with Crippen molar-refractivity contribution in [1.82, 2.24) is 20.1 Å². The molecule has 5 heteroatoms. The first kappa shape index (κ1) is 22.8. The van der Waals surface area contributed by atoms with Gasteiger partial charge in [-0.1, -0.05) is 30.4 Å². The highest BCUT2D eigenvalue weighted by atomic mass is 15.2. The van der Waals surface area contributed by atoms with Crippen LogP contribution in [0, 0.1) is 10.8 Å². The highest BCUT2D eigenvalue weighted by Crippen LogP contribution is 2.44. The first-order chi connectivity index (χ1) is 15.4. The fourth-order valence-electron chi connectivity index (χ4n) is 5.63. The molecule has 2 saturated heterocycles. The van der Waals surface area contributed by atoms with Gasteiger partial charge in [-0.15, -0.1) is 0 Å². The lowest BCUT2D eigenvalue weighted by atomic mass is 9.70. The van der Waals surface area contributed by atoms with Crippen LogP contribution in [-0.4, -0.2) is 59.8 Å². The molecular formula is C27H39N5. The molecule has 1 unspecified atom stereocenters. The van der Waals surface area contributed by atoms with E-state index in [1.807, 2.05) is 14.0 Å². The van der Waals surface area contributed by atoms with E-state index in [0.717, 1.165) is 57.0 Å². The molecule has 0 radical (unpaired) electrons. The summed E-state index contributed by atoms with van der Waals surface area (Å²) in [5.74, 6) is 0. The molecule has 2 fully saturated rings. The number of benzene rings is 1. The second-order valence-electron chi connectivity index (χ2n) is 9.82. The van der Waals surface area contributed by atoms with Crippen LogP contribution in [0.5, 0.6) is 0 Å². The van der Waals surface area contributed by atoms with Gasteiger partial charge in [0.2, 0.25) is 0 Å². The van der Waals surface area contributed by atoms with Crippen LogP contribution in [0.25, 0.3) is 10.9 Å². The molecule has 2 aromatic rings. The zero-order valence-corrected chi connectivity index (χ0v) is 20.0. The van der Waals surface area contributed by atoms with Gasteiger partial charge in [0.05, 0.1) is 6.04 Å². The second-order valence-corrected chi connectivity index (χ2v) is 9.82. The van der Waals surface area contributed by atoms with Gasteiger partial charge in [-0.2, -0.15) is 0 Å². The maximum Gasteiger partial charge on any atom is 0.0675 e. The second kappa shape index (κ2) is 9.63. The molecule has 2 aliphatic heterocycles. The van der Waals surface area contributed by atoms with Gasteiger partial charge in [0.25, 0.3) is 0 Å². The van der Waals surface area contributed by atoms with Crippen LogP contribution in [0.2, 0.25) is 0 Å². The predicted octanol–water partition coefficient (Wildman–Crippen LogP) is 4.93. The van der Waals surface area contributed by atoms with Crippen molar-refractivity contribution in [2.45, 2.75) is 52.1 Å². The molecule has 5 nitrogen and oxygen atoms in total. The van der Waals surface area contributed by atoms with Gasteiger partial charge in [-0.3, -0.25) is 9.80 Å².